The van der Waals surface area contributed by atoms with Gasteiger partial charge in [-0.15, -0.1) is 11.8 Å². The van der Waals surface area contributed by atoms with Crippen LogP contribution in [0, 0.1) is 0 Å². The van der Waals surface area contributed by atoms with E-state index in [2.05, 4.69) is 17.4 Å². The number of nitrogens with one attached hydrogen (secondary N) is 1. The van der Waals surface area contributed by atoms with Gasteiger partial charge in [0, 0.05) is 24.0 Å². The molecule has 4 nitrogen and oxygen atoms in total. The van der Waals surface area contributed by atoms with Crippen LogP contribution in [-0.4, -0.2) is 41.6 Å². The van der Waals surface area contributed by atoms with Crippen LogP contribution in [0.1, 0.15) is 61.4 Å². The Morgan fingerprint density at radius 2 is 1.71 bits per heavy atom. The van der Waals surface area contributed by atoms with Crippen LogP contribution in [0.15, 0.2) is 59.5 Å². The summed E-state index contributed by atoms with van der Waals surface area (Å²) in [5.74, 6) is 0.431. The van der Waals surface area contributed by atoms with E-state index in [1.165, 1.54) is 36.6 Å². The van der Waals surface area contributed by atoms with E-state index in [0.717, 1.165) is 30.6 Å². The van der Waals surface area contributed by atoms with Gasteiger partial charge in [0.1, 0.15) is 0 Å². The van der Waals surface area contributed by atoms with Crippen LogP contribution in [0.3, 0.4) is 0 Å². The van der Waals surface area contributed by atoms with Gasteiger partial charge < -0.3 is 10.2 Å². The van der Waals surface area contributed by atoms with Crippen molar-refractivity contribution in [2.75, 3.05) is 12.8 Å². The van der Waals surface area contributed by atoms with Gasteiger partial charge in [-0.25, -0.2) is 0 Å². The Bertz CT molecular complexity index is 849. The average Bonchev–Trinajstić information content (AvgIpc) is 2.82. The predicted molar refractivity (Wildman–Crippen MR) is 129 cm³/mol. The lowest BCUT2D eigenvalue weighted by Crippen LogP contribution is -2.39. The highest BCUT2D eigenvalue weighted by molar-refractivity contribution is 8.00. The molecule has 0 spiro atoms. The van der Waals surface area contributed by atoms with Gasteiger partial charge in [-0.05, 0) is 50.3 Å². The van der Waals surface area contributed by atoms with Crippen molar-refractivity contribution in [2.24, 2.45) is 0 Å². The Hall–Kier alpha value is -2.27. The van der Waals surface area contributed by atoms with Crippen LogP contribution in [0.2, 0.25) is 0 Å². The zero-order valence-corrected chi connectivity index (χ0v) is 19.5. The van der Waals surface area contributed by atoms with E-state index in [9.17, 15) is 9.59 Å². The predicted octanol–water partition coefficient (Wildman–Crippen LogP) is 5.32. The highest BCUT2D eigenvalue weighted by atomic mass is 32.2. The molecular formula is C26H34N2O2S. The molecule has 0 heterocycles. The van der Waals surface area contributed by atoms with Gasteiger partial charge in [-0.3, -0.25) is 9.59 Å². The summed E-state index contributed by atoms with van der Waals surface area (Å²) in [6, 6.07) is 18.3. The molecule has 1 aliphatic rings. The number of amides is 2. The molecule has 1 N–H and O–H groups in total. The Kier molecular flexibility index (Phi) is 9.01. The number of thioether (sulfide) groups is 1. The largest absolute Gasteiger partial charge is 0.350 e. The molecule has 1 aliphatic carbocycles. The fourth-order valence-electron chi connectivity index (χ4n) is 4.09. The summed E-state index contributed by atoms with van der Waals surface area (Å²) in [5, 5.41) is 3.12. The minimum Gasteiger partial charge on any atom is -0.350 e. The maximum absolute atomic E-state index is 12.9. The van der Waals surface area contributed by atoms with Crippen molar-refractivity contribution < 1.29 is 9.59 Å². The second-order valence-corrected chi connectivity index (χ2v) is 9.50. The summed E-state index contributed by atoms with van der Waals surface area (Å²) in [5.41, 5.74) is 1.92. The Balaban J connectivity index is 1.52. The molecule has 3 rings (SSSR count). The second kappa shape index (κ2) is 11.9. The van der Waals surface area contributed by atoms with Gasteiger partial charge >= 0.3 is 0 Å². The number of aryl methyl sites for hydroxylation is 1. The molecule has 2 aromatic carbocycles. The lowest BCUT2D eigenvalue weighted by atomic mass is 9.94. The van der Waals surface area contributed by atoms with E-state index < -0.39 is 0 Å². The quantitative estimate of drug-likeness (QED) is 0.539. The molecule has 5 heteroatoms. The lowest BCUT2D eigenvalue weighted by molar-refractivity contribution is -0.129. The van der Waals surface area contributed by atoms with Crippen molar-refractivity contribution in [3.63, 3.8) is 0 Å². The van der Waals surface area contributed by atoms with E-state index >= 15 is 0 Å². The standard InChI is InChI=1S/C26H34N2O2S/c1-20(17-18-21-11-5-3-6-12-21)27-26(30)23-15-9-10-16-24(23)31-19-25(29)28(2)22-13-7-4-8-14-22/h3,5-6,9-12,15-16,20,22H,4,7-8,13-14,17-19H2,1-2H3,(H,27,30). The first-order valence-electron chi connectivity index (χ1n) is 11.4. The zero-order chi connectivity index (χ0) is 22.1. The second-order valence-electron chi connectivity index (χ2n) is 8.48. The molecule has 1 saturated carbocycles. The summed E-state index contributed by atoms with van der Waals surface area (Å²) in [6.07, 6.45) is 7.72. The van der Waals surface area contributed by atoms with Crippen LogP contribution in [-0.2, 0) is 11.2 Å². The number of carbonyl (C=O) groups excluding carboxylic acids is 2. The number of carbonyl (C=O) groups is 2. The minimum atomic E-state index is -0.0725. The molecule has 166 valence electrons. The maximum Gasteiger partial charge on any atom is 0.252 e. The topological polar surface area (TPSA) is 49.4 Å². The molecule has 0 saturated heterocycles. The molecular weight excluding hydrogens is 404 g/mol. The van der Waals surface area contributed by atoms with Crippen LogP contribution in [0.4, 0.5) is 0 Å². The summed E-state index contributed by atoms with van der Waals surface area (Å²) < 4.78 is 0. The Morgan fingerprint density at radius 1 is 1.03 bits per heavy atom. The number of rotatable bonds is 9. The molecule has 0 aliphatic heterocycles. The summed E-state index contributed by atoms with van der Waals surface area (Å²) in [4.78, 5) is 28.4. The molecule has 2 aromatic rings. The van der Waals surface area contributed by atoms with Gasteiger partial charge in [-0.1, -0.05) is 61.7 Å². The van der Waals surface area contributed by atoms with Crippen molar-refractivity contribution in [1.29, 1.82) is 0 Å². The van der Waals surface area contributed by atoms with Crippen molar-refractivity contribution in [3.05, 3.63) is 65.7 Å². The summed E-state index contributed by atoms with van der Waals surface area (Å²) in [6.45, 7) is 2.04. The van der Waals surface area contributed by atoms with Gasteiger partial charge in [0.05, 0.1) is 11.3 Å². The fraction of sp³-hybridized carbons (Fsp3) is 0.462. The normalized spacial score (nSPS) is 15.3. The third-order valence-corrected chi connectivity index (χ3v) is 7.14. The van der Waals surface area contributed by atoms with E-state index in [0.29, 0.717) is 17.4 Å². The monoisotopic (exact) mass is 438 g/mol. The van der Waals surface area contributed by atoms with Crippen molar-refractivity contribution in [3.8, 4) is 0 Å². The van der Waals surface area contributed by atoms with Crippen LogP contribution < -0.4 is 5.32 Å². The first kappa shape index (κ1) is 23.4. The first-order chi connectivity index (χ1) is 15.0. The number of benzene rings is 2. The van der Waals surface area contributed by atoms with Gasteiger partial charge in [-0.2, -0.15) is 0 Å². The molecule has 31 heavy (non-hydrogen) atoms. The summed E-state index contributed by atoms with van der Waals surface area (Å²) in [7, 11) is 1.92. The third-order valence-electron chi connectivity index (χ3n) is 6.08. The molecule has 0 radical (unpaired) electrons. The highest BCUT2D eigenvalue weighted by Crippen LogP contribution is 2.26. The Labute approximate surface area is 190 Å². The van der Waals surface area contributed by atoms with Gasteiger partial charge in [0.2, 0.25) is 5.91 Å². The third kappa shape index (κ3) is 7.13. The van der Waals surface area contributed by atoms with E-state index in [1.54, 1.807) is 0 Å². The average molecular weight is 439 g/mol. The number of hydrogen-bond acceptors (Lipinski definition) is 3. The van der Waals surface area contributed by atoms with Crippen LogP contribution in [0.5, 0.6) is 0 Å². The van der Waals surface area contributed by atoms with Gasteiger partial charge in [0.25, 0.3) is 5.91 Å². The molecule has 1 atom stereocenters. The lowest BCUT2D eigenvalue weighted by Gasteiger charge is -2.31. The highest BCUT2D eigenvalue weighted by Gasteiger charge is 2.22. The minimum absolute atomic E-state index is 0.0725. The van der Waals surface area contributed by atoms with E-state index in [4.69, 9.17) is 0 Å². The fourth-order valence-corrected chi connectivity index (χ4v) is 5.07. The van der Waals surface area contributed by atoms with Crippen molar-refractivity contribution in [1.82, 2.24) is 10.2 Å². The molecule has 2 amide bonds. The Morgan fingerprint density at radius 3 is 2.45 bits per heavy atom. The van der Waals surface area contributed by atoms with Crippen molar-refractivity contribution >= 4 is 23.6 Å². The first-order valence-corrected chi connectivity index (χ1v) is 12.4. The maximum atomic E-state index is 12.9. The van der Waals surface area contributed by atoms with Crippen molar-refractivity contribution in [2.45, 2.75) is 68.8 Å². The molecule has 0 bridgehead atoms. The zero-order valence-electron chi connectivity index (χ0n) is 18.7. The summed E-state index contributed by atoms with van der Waals surface area (Å²) >= 11 is 1.46. The van der Waals surface area contributed by atoms with Crippen LogP contribution >= 0.6 is 11.8 Å². The van der Waals surface area contributed by atoms with Crippen LogP contribution in [0.25, 0.3) is 0 Å². The smallest absolute Gasteiger partial charge is 0.252 e. The number of hydrogen-bond donors (Lipinski definition) is 1. The molecule has 1 fully saturated rings. The SMILES string of the molecule is CC(CCc1ccccc1)NC(=O)c1ccccc1SCC(=O)N(C)C1CCCCC1. The number of nitrogens with zero attached hydrogens (tertiary/aromatic N) is 1. The van der Waals surface area contributed by atoms with E-state index in [1.807, 2.05) is 61.3 Å². The van der Waals surface area contributed by atoms with E-state index in [-0.39, 0.29) is 17.9 Å². The molecule has 1 unspecified atom stereocenters. The van der Waals surface area contributed by atoms with Gasteiger partial charge in [0.15, 0.2) is 0 Å². The molecule has 0 aromatic heterocycles.